The van der Waals surface area contributed by atoms with Crippen molar-refractivity contribution in [3.05, 3.63) is 88.1 Å². The molecule has 10 heteroatoms. The van der Waals surface area contributed by atoms with Crippen LogP contribution in [0, 0.1) is 5.92 Å². The van der Waals surface area contributed by atoms with Gasteiger partial charge in [0.25, 0.3) is 0 Å². The lowest BCUT2D eigenvalue weighted by Crippen LogP contribution is -2.52. The summed E-state index contributed by atoms with van der Waals surface area (Å²) in [6, 6.07) is 14.3. The Bertz CT molecular complexity index is 1260. The van der Waals surface area contributed by atoms with Gasteiger partial charge in [-0.3, -0.25) is 0 Å². The van der Waals surface area contributed by atoms with Crippen molar-refractivity contribution in [1.82, 2.24) is 4.98 Å². The number of methoxy groups -OCH3 is 1. The summed E-state index contributed by atoms with van der Waals surface area (Å²) in [7, 11) is 1.31. The number of pyridine rings is 1. The van der Waals surface area contributed by atoms with Crippen LogP contribution < -0.4 is 9.47 Å². The van der Waals surface area contributed by atoms with Crippen molar-refractivity contribution in [3.63, 3.8) is 0 Å². The van der Waals surface area contributed by atoms with Gasteiger partial charge in [-0.1, -0.05) is 54.1 Å². The number of halogens is 4. The van der Waals surface area contributed by atoms with E-state index in [1.165, 1.54) is 25.3 Å². The maximum Gasteiger partial charge on any atom is 0.416 e. The van der Waals surface area contributed by atoms with E-state index in [0.717, 1.165) is 12.1 Å². The summed E-state index contributed by atoms with van der Waals surface area (Å²) in [5.41, 5.74) is -4.19. The van der Waals surface area contributed by atoms with Gasteiger partial charge < -0.3 is 24.8 Å². The summed E-state index contributed by atoms with van der Waals surface area (Å²) in [5.74, 6) is -1.85. The standard InChI is InChI=1S/C25H21ClF3NO5/c1-34-22-20-17(11-18(26)30-22)35-24(14-7-9-15(10-8-14)25(27,28)29)19(13-5-3-2-4-6-13)16(12-31)21(32)23(20,24)33/h2-11,16,19,21,31-33H,12H2,1H3/t16-,19-,21-,23+,24+/m1/s1. The molecule has 1 aromatic heterocycles. The van der Waals surface area contributed by atoms with Crippen LogP contribution in [0.1, 0.15) is 28.2 Å². The second-order valence-corrected chi connectivity index (χ2v) is 9.07. The number of hydrogen-bond acceptors (Lipinski definition) is 6. The molecule has 2 aromatic carbocycles. The minimum Gasteiger partial charge on any atom is -0.481 e. The van der Waals surface area contributed by atoms with Gasteiger partial charge in [0.1, 0.15) is 10.9 Å². The minimum atomic E-state index is -4.58. The highest BCUT2D eigenvalue weighted by atomic mass is 35.5. The van der Waals surface area contributed by atoms with Gasteiger partial charge in [-0.05, 0) is 23.3 Å². The fourth-order valence-electron chi connectivity index (χ4n) is 5.66. The molecule has 0 saturated heterocycles. The molecule has 3 N–H and O–H groups in total. The molecule has 5 atom stereocenters. The molecule has 1 aliphatic carbocycles. The fourth-order valence-corrected chi connectivity index (χ4v) is 5.84. The Morgan fingerprint density at radius 1 is 1.11 bits per heavy atom. The highest BCUT2D eigenvalue weighted by Gasteiger charge is 2.77. The van der Waals surface area contributed by atoms with E-state index < -0.39 is 47.5 Å². The van der Waals surface area contributed by atoms with Gasteiger partial charge in [-0.25, -0.2) is 4.98 Å². The molecule has 1 aliphatic heterocycles. The van der Waals surface area contributed by atoms with E-state index in [4.69, 9.17) is 21.1 Å². The first kappa shape index (κ1) is 23.9. The molecule has 1 fully saturated rings. The zero-order valence-corrected chi connectivity index (χ0v) is 19.1. The van der Waals surface area contributed by atoms with Crippen molar-refractivity contribution < 1.29 is 38.0 Å². The molecule has 5 rings (SSSR count). The van der Waals surface area contributed by atoms with E-state index in [1.807, 2.05) is 0 Å². The predicted octanol–water partition coefficient (Wildman–Crippen LogP) is 4.00. The van der Waals surface area contributed by atoms with Crippen molar-refractivity contribution in [3.8, 4) is 11.6 Å². The third-order valence-corrected chi connectivity index (χ3v) is 7.23. The largest absolute Gasteiger partial charge is 0.481 e. The van der Waals surface area contributed by atoms with E-state index in [0.29, 0.717) is 5.56 Å². The predicted molar refractivity (Wildman–Crippen MR) is 119 cm³/mol. The average molecular weight is 508 g/mol. The third-order valence-electron chi connectivity index (χ3n) is 7.04. The smallest absolute Gasteiger partial charge is 0.416 e. The first-order valence-electron chi connectivity index (χ1n) is 10.8. The van der Waals surface area contributed by atoms with Gasteiger partial charge in [-0.2, -0.15) is 13.2 Å². The third kappa shape index (κ3) is 3.19. The number of alkyl halides is 3. The molecule has 3 aromatic rings. The molecular weight excluding hydrogens is 487 g/mol. The van der Waals surface area contributed by atoms with E-state index in [1.54, 1.807) is 30.3 Å². The van der Waals surface area contributed by atoms with Crippen molar-refractivity contribution in [2.45, 2.75) is 29.4 Å². The molecule has 2 aliphatic rings. The number of aliphatic hydroxyl groups is 3. The first-order chi connectivity index (χ1) is 16.6. The Hall–Kier alpha value is -2.85. The van der Waals surface area contributed by atoms with Crippen LogP contribution in [0.2, 0.25) is 5.15 Å². The Labute approximate surface area is 203 Å². The van der Waals surface area contributed by atoms with Crippen LogP contribution in [0.4, 0.5) is 13.2 Å². The number of ether oxygens (including phenoxy) is 2. The molecule has 184 valence electrons. The monoisotopic (exact) mass is 507 g/mol. The van der Waals surface area contributed by atoms with Crippen LogP contribution in [0.3, 0.4) is 0 Å². The zero-order chi connectivity index (χ0) is 25.2. The molecule has 0 radical (unpaired) electrons. The van der Waals surface area contributed by atoms with Crippen LogP contribution in [-0.2, 0) is 17.4 Å². The summed E-state index contributed by atoms with van der Waals surface area (Å²) in [6.07, 6.45) is -6.17. The average Bonchev–Trinajstić information content (AvgIpc) is 3.21. The van der Waals surface area contributed by atoms with Crippen molar-refractivity contribution in [2.75, 3.05) is 13.7 Å². The van der Waals surface area contributed by atoms with Crippen LogP contribution in [0.5, 0.6) is 11.6 Å². The van der Waals surface area contributed by atoms with E-state index in [2.05, 4.69) is 4.98 Å². The number of hydrogen-bond donors (Lipinski definition) is 3. The topological polar surface area (TPSA) is 92.0 Å². The second kappa shape index (κ2) is 8.09. The fraction of sp³-hybridized carbons (Fsp3) is 0.320. The summed E-state index contributed by atoms with van der Waals surface area (Å²) in [5, 5.41) is 34.2. The highest BCUT2D eigenvalue weighted by molar-refractivity contribution is 6.29. The van der Waals surface area contributed by atoms with Gasteiger partial charge in [0.05, 0.1) is 24.3 Å². The number of benzene rings is 2. The molecule has 0 unspecified atom stereocenters. The van der Waals surface area contributed by atoms with Crippen LogP contribution in [-0.4, -0.2) is 40.1 Å². The number of aliphatic hydroxyl groups excluding tert-OH is 2. The lowest BCUT2D eigenvalue weighted by Gasteiger charge is -2.41. The van der Waals surface area contributed by atoms with Gasteiger partial charge in [0.2, 0.25) is 5.88 Å². The molecule has 0 bridgehead atoms. The molecule has 0 amide bonds. The lowest BCUT2D eigenvalue weighted by molar-refractivity contribution is -0.153. The number of fused-ring (bicyclic) bond motifs is 3. The Morgan fingerprint density at radius 3 is 2.34 bits per heavy atom. The van der Waals surface area contributed by atoms with E-state index in [-0.39, 0.29) is 27.9 Å². The summed E-state index contributed by atoms with van der Waals surface area (Å²) in [4.78, 5) is 4.10. The van der Waals surface area contributed by atoms with E-state index in [9.17, 15) is 28.5 Å². The SMILES string of the molecule is COc1nc(Cl)cc2c1[C@]1(O)[C@H](O)[C@H](CO)[C@@H](c3ccccc3)[C@]1(c1ccc(C(F)(F)F)cc1)O2. The van der Waals surface area contributed by atoms with Crippen molar-refractivity contribution in [2.24, 2.45) is 5.92 Å². The number of rotatable bonds is 4. The van der Waals surface area contributed by atoms with Crippen LogP contribution in [0.15, 0.2) is 60.7 Å². The number of nitrogens with zero attached hydrogens (tertiary/aromatic N) is 1. The molecular formula is C25H21ClF3NO5. The first-order valence-corrected chi connectivity index (χ1v) is 11.2. The summed E-state index contributed by atoms with van der Waals surface area (Å²) < 4.78 is 51.7. The minimum absolute atomic E-state index is 0.00352. The summed E-state index contributed by atoms with van der Waals surface area (Å²) in [6.45, 7) is -0.534. The molecule has 1 saturated carbocycles. The zero-order valence-electron chi connectivity index (χ0n) is 18.3. The Morgan fingerprint density at radius 2 is 1.77 bits per heavy atom. The van der Waals surface area contributed by atoms with Gasteiger partial charge in [0.15, 0.2) is 11.2 Å². The maximum absolute atomic E-state index is 13.3. The highest BCUT2D eigenvalue weighted by Crippen LogP contribution is 2.69. The van der Waals surface area contributed by atoms with Crippen molar-refractivity contribution in [1.29, 1.82) is 0 Å². The van der Waals surface area contributed by atoms with Gasteiger partial charge >= 0.3 is 6.18 Å². The lowest BCUT2D eigenvalue weighted by atomic mass is 9.70. The molecule has 2 heterocycles. The quantitative estimate of drug-likeness (QED) is 0.462. The molecule has 35 heavy (non-hydrogen) atoms. The number of aromatic nitrogens is 1. The Balaban J connectivity index is 1.84. The second-order valence-electron chi connectivity index (χ2n) is 8.69. The van der Waals surface area contributed by atoms with Crippen molar-refractivity contribution >= 4 is 11.6 Å². The van der Waals surface area contributed by atoms with Gasteiger partial charge in [-0.15, -0.1) is 0 Å². The summed E-state index contributed by atoms with van der Waals surface area (Å²) >= 11 is 6.14. The van der Waals surface area contributed by atoms with Gasteiger partial charge in [0, 0.05) is 24.5 Å². The molecule has 6 nitrogen and oxygen atoms in total. The van der Waals surface area contributed by atoms with Crippen LogP contribution in [0.25, 0.3) is 0 Å². The Kier molecular flexibility index (Phi) is 5.52. The molecule has 0 spiro atoms. The normalized spacial score (nSPS) is 29.4. The van der Waals surface area contributed by atoms with Crippen LogP contribution >= 0.6 is 11.6 Å². The maximum atomic E-state index is 13.3. The van der Waals surface area contributed by atoms with E-state index >= 15 is 0 Å².